The lowest BCUT2D eigenvalue weighted by atomic mass is 10.3. The van der Waals surface area contributed by atoms with E-state index in [1.807, 2.05) is 12.1 Å². The summed E-state index contributed by atoms with van der Waals surface area (Å²) in [4.78, 5) is 0. The molecule has 0 radical (unpaired) electrons. The van der Waals surface area contributed by atoms with Crippen molar-refractivity contribution in [2.24, 2.45) is 0 Å². The normalized spacial score (nSPS) is 11.0. The maximum Gasteiger partial charge on any atom is 0.113 e. The molecule has 2 rings (SSSR count). The zero-order chi connectivity index (χ0) is 9.97. The highest BCUT2D eigenvalue weighted by molar-refractivity contribution is 6.31. The van der Waals surface area contributed by atoms with Crippen LogP contribution in [0.4, 0.5) is 0 Å². The average Bonchev–Trinajstić information content (AvgIpc) is 2.57. The minimum absolute atomic E-state index is 0.616. The van der Waals surface area contributed by atoms with Crippen LogP contribution >= 0.6 is 11.6 Å². The molecule has 0 spiro atoms. The summed E-state index contributed by atoms with van der Waals surface area (Å²) in [5.74, 6) is 0. The van der Waals surface area contributed by atoms with Crippen LogP contribution in [0, 0.1) is 0 Å². The number of nitrogens with zero attached hydrogens (tertiary/aromatic N) is 3. The molecule has 1 aromatic heterocycles. The summed E-state index contributed by atoms with van der Waals surface area (Å²) >= 11 is 5.88. The van der Waals surface area contributed by atoms with Gasteiger partial charge in [0.25, 0.3) is 0 Å². The molecule has 74 valence electrons. The highest BCUT2D eigenvalue weighted by Crippen LogP contribution is 2.16. The molecule has 1 aromatic carbocycles. The Labute approximate surface area is 86.4 Å². The van der Waals surface area contributed by atoms with Gasteiger partial charge in [-0.1, -0.05) is 16.8 Å². The molecule has 0 atom stereocenters. The maximum atomic E-state index is 5.88. The Balaban J connectivity index is 2.40. The lowest BCUT2D eigenvalue weighted by molar-refractivity contribution is 0.184. The van der Waals surface area contributed by atoms with Crippen molar-refractivity contribution >= 4 is 22.6 Å². The molecule has 5 heteroatoms. The molecule has 0 N–H and O–H groups in total. The van der Waals surface area contributed by atoms with Crippen molar-refractivity contribution in [1.82, 2.24) is 15.0 Å². The van der Waals surface area contributed by atoms with E-state index in [9.17, 15) is 0 Å². The van der Waals surface area contributed by atoms with Gasteiger partial charge in [-0.2, -0.15) is 0 Å². The fourth-order valence-electron chi connectivity index (χ4n) is 1.28. The van der Waals surface area contributed by atoms with Crippen molar-refractivity contribution in [2.75, 3.05) is 13.7 Å². The Morgan fingerprint density at radius 3 is 3.14 bits per heavy atom. The van der Waals surface area contributed by atoms with E-state index in [0.717, 1.165) is 11.0 Å². The third kappa shape index (κ3) is 1.71. The first-order chi connectivity index (χ1) is 6.81. The third-order valence-electron chi connectivity index (χ3n) is 1.98. The lowest BCUT2D eigenvalue weighted by Gasteiger charge is -2.00. The van der Waals surface area contributed by atoms with Crippen LogP contribution in [0.25, 0.3) is 11.0 Å². The SMILES string of the molecule is COCCn1nnc2ccc(Cl)cc21. The molecule has 1 heterocycles. The molecule has 0 unspecified atom stereocenters. The van der Waals surface area contributed by atoms with Gasteiger partial charge in [0.2, 0.25) is 0 Å². The number of benzene rings is 1. The topological polar surface area (TPSA) is 39.9 Å². The van der Waals surface area contributed by atoms with E-state index >= 15 is 0 Å². The smallest absolute Gasteiger partial charge is 0.113 e. The van der Waals surface area contributed by atoms with Gasteiger partial charge in [-0.05, 0) is 18.2 Å². The summed E-state index contributed by atoms with van der Waals surface area (Å²) in [7, 11) is 1.66. The van der Waals surface area contributed by atoms with Gasteiger partial charge >= 0.3 is 0 Å². The zero-order valence-electron chi connectivity index (χ0n) is 7.77. The summed E-state index contributed by atoms with van der Waals surface area (Å²) in [6, 6.07) is 5.51. The van der Waals surface area contributed by atoms with Gasteiger partial charge < -0.3 is 4.74 Å². The Bertz CT molecular complexity index is 441. The van der Waals surface area contributed by atoms with Crippen LogP contribution in [0.3, 0.4) is 0 Å². The molecule has 0 saturated carbocycles. The molecule has 0 aliphatic carbocycles. The number of ether oxygens (including phenoxy) is 1. The second-order valence-electron chi connectivity index (χ2n) is 2.94. The van der Waals surface area contributed by atoms with E-state index in [2.05, 4.69) is 10.3 Å². The number of aromatic nitrogens is 3. The minimum atomic E-state index is 0.616. The average molecular weight is 212 g/mol. The number of halogens is 1. The second-order valence-corrected chi connectivity index (χ2v) is 3.37. The molecule has 0 aliphatic heterocycles. The minimum Gasteiger partial charge on any atom is -0.383 e. The van der Waals surface area contributed by atoms with E-state index in [1.54, 1.807) is 17.9 Å². The van der Waals surface area contributed by atoms with Crippen LogP contribution in [-0.4, -0.2) is 28.7 Å². The first kappa shape index (κ1) is 9.43. The summed E-state index contributed by atoms with van der Waals surface area (Å²) < 4.78 is 6.76. The van der Waals surface area contributed by atoms with E-state index in [4.69, 9.17) is 16.3 Å². The Morgan fingerprint density at radius 1 is 1.50 bits per heavy atom. The van der Waals surface area contributed by atoms with E-state index < -0.39 is 0 Å². The molecule has 14 heavy (non-hydrogen) atoms. The first-order valence-corrected chi connectivity index (χ1v) is 4.67. The van der Waals surface area contributed by atoms with Crippen molar-refractivity contribution in [1.29, 1.82) is 0 Å². The molecule has 0 bridgehead atoms. The molecule has 4 nitrogen and oxygen atoms in total. The fourth-order valence-corrected chi connectivity index (χ4v) is 1.45. The van der Waals surface area contributed by atoms with Crippen LogP contribution in [0.5, 0.6) is 0 Å². The maximum absolute atomic E-state index is 5.88. The fraction of sp³-hybridized carbons (Fsp3) is 0.333. The van der Waals surface area contributed by atoms with Crippen molar-refractivity contribution < 1.29 is 4.74 Å². The Hall–Kier alpha value is -1.13. The van der Waals surface area contributed by atoms with Crippen LogP contribution in [-0.2, 0) is 11.3 Å². The molecule has 0 aliphatic rings. The summed E-state index contributed by atoms with van der Waals surface area (Å²) in [5.41, 5.74) is 1.79. The Kier molecular flexibility index (Phi) is 2.65. The lowest BCUT2D eigenvalue weighted by Crippen LogP contribution is -2.05. The number of hydrogen-bond acceptors (Lipinski definition) is 3. The van der Waals surface area contributed by atoms with Crippen LogP contribution in [0.1, 0.15) is 0 Å². The van der Waals surface area contributed by atoms with Gasteiger partial charge in [0, 0.05) is 12.1 Å². The predicted octanol–water partition coefficient (Wildman–Crippen LogP) is 1.73. The third-order valence-corrected chi connectivity index (χ3v) is 2.22. The van der Waals surface area contributed by atoms with E-state index in [1.165, 1.54) is 0 Å². The first-order valence-electron chi connectivity index (χ1n) is 4.29. The van der Waals surface area contributed by atoms with Gasteiger partial charge in [-0.25, -0.2) is 4.68 Å². The highest BCUT2D eigenvalue weighted by atomic mass is 35.5. The molecule has 0 saturated heterocycles. The molecule has 0 fully saturated rings. The number of methoxy groups -OCH3 is 1. The zero-order valence-corrected chi connectivity index (χ0v) is 8.53. The predicted molar refractivity (Wildman–Crippen MR) is 54.4 cm³/mol. The summed E-state index contributed by atoms with van der Waals surface area (Å²) in [6.07, 6.45) is 0. The largest absolute Gasteiger partial charge is 0.383 e. The second kappa shape index (κ2) is 3.94. The van der Waals surface area contributed by atoms with Crippen molar-refractivity contribution in [2.45, 2.75) is 6.54 Å². The van der Waals surface area contributed by atoms with Crippen LogP contribution in [0.15, 0.2) is 18.2 Å². The van der Waals surface area contributed by atoms with E-state index in [0.29, 0.717) is 18.2 Å². The van der Waals surface area contributed by atoms with Gasteiger partial charge in [0.05, 0.1) is 18.7 Å². The van der Waals surface area contributed by atoms with E-state index in [-0.39, 0.29) is 0 Å². The summed E-state index contributed by atoms with van der Waals surface area (Å²) in [6.45, 7) is 1.30. The van der Waals surface area contributed by atoms with Gasteiger partial charge in [0.15, 0.2) is 0 Å². The highest BCUT2D eigenvalue weighted by Gasteiger charge is 2.03. The van der Waals surface area contributed by atoms with Gasteiger partial charge in [0.1, 0.15) is 5.52 Å². The quantitative estimate of drug-likeness (QED) is 0.777. The monoisotopic (exact) mass is 211 g/mol. The standard InChI is InChI=1S/C9H10ClN3O/c1-14-5-4-13-9-6-7(10)2-3-8(9)11-12-13/h2-3,6H,4-5H2,1H3. The van der Waals surface area contributed by atoms with Crippen molar-refractivity contribution in [3.05, 3.63) is 23.2 Å². The molecule has 2 aromatic rings. The molecule has 0 amide bonds. The van der Waals surface area contributed by atoms with Gasteiger partial charge in [-0.3, -0.25) is 0 Å². The molecular formula is C9H10ClN3O. The number of rotatable bonds is 3. The molecular weight excluding hydrogens is 202 g/mol. The van der Waals surface area contributed by atoms with Gasteiger partial charge in [-0.15, -0.1) is 5.10 Å². The summed E-state index contributed by atoms with van der Waals surface area (Å²) in [5, 5.41) is 8.71. The van der Waals surface area contributed by atoms with Crippen molar-refractivity contribution in [3.8, 4) is 0 Å². The number of fused-ring (bicyclic) bond motifs is 1. The van der Waals surface area contributed by atoms with Crippen LogP contribution < -0.4 is 0 Å². The number of hydrogen-bond donors (Lipinski definition) is 0. The van der Waals surface area contributed by atoms with Crippen LogP contribution in [0.2, 0.25) is 5.02 Å². The Morgan fingerprint density at radius 2 is 2.36 bits per heavy atom. The van der Waals surface area contributed by atoms with Crippen molar-refractivity contribution in [3.63, 3.8) is 0 Å².